The van der Waals surface area contributed by atoms with Gasteiger partial charge in [0, 0.05) is 10.6 Å². The first kappa shape index (κ1) is 17.5. The summed E-state index contributed by atoms with van der Waals surface area (Å²) in [5.74, 6) is 0.354. The molecule has 3 rings (SSSR count). The molecule has 2 amide bonds. The molecule has 0 fully saturated rings. The highest BCUT2D eigenvalue weighted by molar-refractivity contribution is 6.30. The summed E-state index contributed by atoms with van der Waals surface area (Å²) in [4.78, 5) is 27.2. The maximum atomic E-state index is 12.4. The number of amides is 2. The lowest BCUT2D eigenvalue weighted by atomic mass is 10.1. The molecule has 1 aliphatic rings. The van der Waals surface area contributed by atoms with E-state index in [-0.39, 0.29) is 11.8 Å². The summed E-state index contributed by atoms with van der Waals surface area (Å²) in [7, 11) is 3.64. The van der Waals surface area contributed by atoms with Crippen molar-refractivity contribution in [1.29, 1.82) is 0 Å². The topological polar surface area (TPSA) is 51.1 Å². The second-order valence-electron chi connectivity index (χ2n) is 6.15. The first-order valence-electron chi connectivity index (χ1n) is 8.10. The molecule has 0 aromatic heterocycles. The zero-order valence-corrected chi connectivity index (χ0v) is 15.0. The number of carbonyl (C=O) groups is 2. The summed E-state index contributed by atoms with van der Waals surface area (Å²) in [5.41, 5.74) is 1.97. The van der Waals surface area contributed by atoms with Crippen molar-refractivity contribution in [2.45, 2.75) is 6.54 Å². The van der Waals surface area contributed by atoms with Crippen LogP contribution in [0, 0.1) is 0 Å². The molecule has 0 bridgehead atoms. The molecule has 0 saturated carbocycles. The van der Waals surface area contributed by atoms with Crippen molar-refractivity contribution in [2.75, 3.05) is 27.2 Å². The number of fused-ring (bicyclic) bond motifs is 1. The van der Waals surface area contributed by atoms with E-state index in [0.717, 1.165) is 16.2 Å². The lowest BCUT2D eigenvalue weighted by molar-refractivity contribution is -0.892. The van der Waals surface area contributed by atoms with Crippen molar-refractivity contribution in [3.05, 3.63) is 64.2 Å². The van der Waals surface area contributed by atoms with Crippen LogP contribution in [0.5, 0.6) is 5.75 Å². The van der Waals surface area contributed by atoms with Gasteiger partial charge in [-0.1, -0.05) is 23.7 Å². The van der Waals surface area contributed by atoms with E-state index in [9.17, 15) is 9.59 Å². The summed E-state index contributed by atoms with van der Waals surface area (Å²) < 4.78 is 5.36. The number of halogens is 1. The van der Waals surface area contributed by atoms with Gasteiger partial charge in [0.25, 0.3) is 11.8 Å². The van der Waals surface area contributed by atoms with E-state index in [1.54, 1.807) is 37.4 Å². The van der Waals surface area contributed by atoms with E-state index in [1.807, 2.05) is 19.2 Å². The smallest absolute Gasteiger partial charge is 0.261 e. The molecule has 1 aliphatic heterocycles. The van der Waals surface area contributed by atoms with Crippen molar-refractivity contribution in [1.82, 2.24) is 4.90 Å². The second kappa shape index (κ2) is 7.25. The number of nitrogens with one attached hydrogen (secondary N) is 1. The molecule has 5 nitrogen and oxygen atoms in total. The summed E-state index contributed by atoms with van der Waals surface area (Å²) in [6.45, 7) is 1.70. The predicted octanol–water partition coefficient (Wildman–Crippen LogP) is 1.66. The third-order valence-electron chi connectivity index (χ3n) is 4.38. The second-order valence-corrected chi connectivity index (χ2v) is 6.58. The van der Waals surface area contributed by atoms with E-state index in [1.165, 1.54) is 4.90 Å². The third-order valence-corrected chi connectivity index (χ3v) is 4.61. The quantitative estimate of drug-likeness (QED) is 0.798. The minimum Gasteiger partial charge on any atom is -0.496 e. The molecule has 6 heteroatoms. The average Bonchev–Trinajstić information content (AvgIpc) is 2.85. The van der Waals surface area contributed by atoms with Crippen LogP contribution in [0.1, 0.15) is 26.3 Å². The first-order chi connectivity index (χ1) is 12.0. The van der Waals surface area contributed by atoms with Crippen molar-refractivity contribution < 1.29 is 19.2 Å². The van der Waals surface area contributed by atoms with Crippen molar-refractivity contribution >= 4 is 23.4 Å². The fourth-order valence-electron chi connectivity index (χ4n) is 3.04. The zero-order chi connectivity index (χ0) is 18.0. The molecular weight excluding hydrogens is 340 g/mol. The Bertz CT molecular complexity index is 787. The molecule has 2 aromatic rings. The molecule has 0 saturated heterocycles. The molecule has 25 heavy (non-hydrogen) atoms. The van der Waals surface area contributed by atoms with Gasteiger partial charge in [-0.25, -0.2) is 0 Å². The van der Waals surface area contributed by atoms with Crippen LogP contribution in [-0.4, -0.2) is 44.0 Å². The molecule has 2 aromatic carbocycles. The molecule has 0 spiro atoms. The number of ether oxygens (including phenoxy) is 1. The summed E-state index contributed by atoms with van der Waals surface area (Å²) >= 11 is 6.07. The summed E-state index contributed by atoms with van der Waals surface area (Å²) in [5, 5.41) is 0.656. The molecule has 0 aliphatic carbocycles. The van der Waals surface area contributed by atoms with Gasteiger partial charge in [0.2, 0.25) is 0 Å². The number of carbonyl (C=O) groups excluding carboxylic acids is 2. The van der Waals surface area contributed by atoms with Gasteiger partial charge in [-0.2, -0.15) is 0 Å². The first-order valence-corrected chi connectivity index (χ1v) is 8.48. The Labute approximate surface area is 151 Å². The van der Waals surface area contributed by atoms with Crippen LogP contribution >= 0.6 is 11.6 Å². The lowest BCUT2D eigenvalue weighted by Crippen LogP contribution is -3.08. The number of imide groups is 1. The van der Waals surface area contributed by atoms with Crippen LogP contribution < -0.4 is 9.64 Å². The SMILES string of the molecule is COc1ccc(Cl)cc1C[NH+](C)CCN1C(=O)c2ccccc2C1=O. The van der Waals surface area contributed by atoms with E-state index in [4.69, 9.17) is 16.3 Å². The van der Waals surface area contributed by atoms with Gasteiger partial charge in [-0.3, -0.25) is 14.5 Å². The van der Waals surface area contributed by atoms with Crippen LogP contribution in [0.2, 0.25) is 5.02 Å². The molecule has 130 valence electrons. The number of methoxy groups -OCH3 is 1. The highest BCUT2D eigenvalue weighted by Crippen LogP contribution is 2.22. The predicted molar refractivity (Wildman–Crippen MR) is 95.3 cm³/mol. The number of benzene rings is 2. The van der Waals surface area contributed by atoms with E-state index < -0.39 is 0 Å². The van der Waals surface area contributed by atoms with Crippen LogP contribution in [0.4, 0.5) is 0 Å². The molecule has 1 atom stereocenters. The number of nitrogens with zero attached hydrogens (tertiary/aromatic N) is 1. The Kier molecular flexibility index (Phi) is 5.06. The Balaban J connectivity index is 1.64. The molecule has 1 unspecified atom stereocenters. The minimum absolute atomic E-state index is 0.214. The Morgan fingerprint density at radius 2 is 1.72 bits per heavy atom. The zero-order valence-electron chi connectivity index (χ0n) is 14.2. The molecular formula is C19H20ClN2O3+. The fraction of sp³-hybridized carbons (Fsp3) is 0.263. The van der Waals surface area contributed by atoms with Gasteiger partial charge < -0.3 is 9.64 Å². The van der Waals surface area contributed by atoms with Crippen molar-refractivity contribution in [3.63, 3.8) is 0 Å². The van der Waals surface area contributed by atoms with Gasteiger partial charge in [0.15, 0.2) is 0 Å². The Morgan fingerprint density at radius 3 is 2.32 bits per heavy atom. The van der Waals surface area contributed by atoms with Crippen LogP contribution in [0.15, 0.2) is 42.5 Å². The normalized spacial score (nSPS) is 14.6. The van der Waals surface area contributed by atoms with Gasteiger partial charge in [-0.05, 0) is 30.3 Å². The van der Waals surface area contributed by atoms with Crippen molar-refractivity contribution in [3.8, 4) is 5.75 Å². The largest absolute Gasteiger partial charge is 0.496 e. The van der Waals surface area contributed by atoms with Gasteiger partial charge in [0.1, 0.15) is 12.3 Å². The minimum atomic E-state index is -0.214. The summed E-state index contributed by atoms with van der Waals surface area (Å²) in [6, 6.07) is 12.5. The molecule has 0 radical (unpaired) electrons. The lowest BCUT2D eigenvalue weighted by Gasteiger charge is -2.19. The average molecular weight is 360 g/mol. The molecule has 1 heterocycles. The van der Waals surface area contributed by atoms with Gasteiger partial charge >= 0.3 is 0 Å². The maximum Gasteiger partial charge on any atom is 0.261 e. The number of rotatable bonds is 6. The number of quaternary nitrogens is 1. The number of likely N-dealkylation sites (N-methyl/N-ethyl adjacent to an activating group) is 1. The standard InChI is InChI=1S/C19H19ClN2O3/c1-21(12-13-11-14(20)7-8-17(13)25-2)9-10-22-18(23)15-5-3-4-6-16(15)19(22)24/h3-8,11H,9-10,12H2,1-2H3/p+1. The fourth-order valence-corrected chi connectivity index (χ4v) is 3.24. The van der Waals surface area contributed by atoms with E-state index >= 15 is 0 Å². The summed E-state index contributed by atoms with van der Waals surface area (Å²) in [6.07, 6.45) is 0. The van der Waals surface area contributed by atoms with Crippen LogP contribution in [0.25, 0.3) is 0 Å². The maximum absolute atomic E-state index is 12.4. The van der Waals surface area contributed by atoms with Gasteiger partial charge in [0.05, 0.1) is 38.4 Å². The monoisotopic (exact) mass is 359 g/mol. The number of hydrogen-bond donors (Lipinski definition) is 1. The number of hydrogen-bond acceptors (Lipinski definition) is 3. The highest BCUT2D eigenvalue weighted by atomic mass is 35.5. The Morgan fingerprint density at radius 1 is 1.08 bits per heavy atom. The van der Waals surface area contributed by atoms with Crippen molar-refractivity contribution in [2.24, 2.45) is 0 Å². The Hall–Kier alpha value is -2.37. The molecule has 1 N–H and O–H groups in total. The van der Waals surface area contributed by atoms with Crippen LogP contribution in [-0.2, 0) is 6.54 Å². The highest BCUT2D eigenvalue weighted by Gasteiger charge is 2.35. The van der Waals surface area contributed by atoms with Crippen LogP contribution in [0.3, 0.4) is 0 Å². The third kappa shape index (κ3) is 3.52. The van der Waals surface area contributed by atoms with Gasteiger partial charge in [-0.15, -0.1) is 0 Å². The van der Waals surface area contributed by atoms with E-state index in [2.05, 4.69) is 0 Å². The van der Waals surface area contributed by atoms with E-state index in [0.29, 0.717) is 35.8 Å².